The molecule has 0 atom stereocenters. The Balaban J connectivity index is 2.74. The molecule has 1 aliphatic rings. The first kappa shape index (κ1) is 6.51. The molecule has 0 unspecified atom stereocenters. The van der Waals surface area contributed by atoms with E-state index in [0.29, 0.717) is 5.82 Å². The van der Waals surface area contributed by atoms with Gasteiger partial charge in [-0.05, 0) is 0 Å². The zero-order valence-corrected chi connectivity index (χ0v) is 5.82. The van der Waals surface area contributed by atoms with Gasteiger partial charge in [-0.25, -0.2) is 0 Å². The molecule has 3 N–H and O–H groups in total. The molecule has 1 heterocycles. The molecule has 0 saturated heterocycles. The van der Waals surface area contributed by atoms with Crippen molar-refractivity contribution in [2.24, 2.45) is 10.8 Å². The van der Waals surface area contributed by atoms with Gasteiger partial charge in [0.2, 0.25) is 0 Å². The van der Waals surface area contributed by atoms with Crippen molar-refractivity contribution in [3.05, 3.63) is 11.9 Å². The number of nitrogens with zero attached hydrogens (tertiary/aromatic N) is 2. The topological polar surface area (TPSA) is 53.6 Å². The molecule has 4 nitrogen and oxygen atoms in total. The Kier molecular flexibility index (Phi) is 1.68. The number of nitrogens with two attached hydrogens (primary N) is 1. The fourth-order valence-corrected chi connectivity index (χ4v) is 0.816. The third-order valence-electron chi connectivity index (χ3n) is 0.679. The van der Waals surface area contributed by atoms with Gasteiger partial charge in [-0.3, -0.25) is 5.43 Å². The Bertz CT molecular complexity index is 175. The van der Waals surface area contributed by atoms with E-state index >= 15 is 0 Å². The molecule has 0 aromatic rings. The van der Waals surface area contributed by atoms with Gasteiger partial charge in [-0.15, -0.1) is 9.74 Å². The summed E-state index contributed by atoms with van der Waals surface area (Å²) in [6.45, 7) is 0. The van der Waals surface area contributed by atoms with E-state index in [1.54, 1.807) is 0 Å². The number of halogens is 2. The van der Waals surface area contributed by atoms with E-state index in [9.17, 15) is 0 Å². The molecule has 0 aromatic heterocycles. The predicted molar refractivity (Wildman–Crippen MR) is 36.4 cm³/mol. The van der Waals surface area contributed by atoms with Crippen LogP contribution in [0.2, 0.25) is 0 Å². The number of rotatable bonds is 0. The average molecular weight is 167 g/mol. The molecule has 0 amide bonds. The van der Waals surface area contributed by atoms with Crippen LogP contribution in [-0.2, 0) is 0 Å². The summed E-state index contributed by atoms with van der Waals surface area (Å²) in [6, 6.07) is 0. The fourth-order valence-electron chi connectivity index (χ4n) is 0.405. The Labute approximate surface area is 62.0 Å². The second-order valence-electron chi connectivity index (χ2n) is 1.39. The van der Waals surface area contributed by atoms with Crippen molar-refractivity contribution < 1.29 is 0 Å². The van der Waals surface area contributed by atoms with E-state index in [1.807, 2.05) is 0 Å². The highest BCUT2D eigenvalue weighted by Crippen LogP contribution is 2.02. The molecule has 0 aliphatic carbocycles. The van der Waals surface area contributed by atoms with Crippen molar-refractivity contribution >= 4 is 28.5 Å². The van der Waals surface area contributed by atoms with Gasteiger partial charge in [0.1, 0.15) is 5.82 Å². The lowest BCUT2D eigenvalue weighted by atomic mass is 10.6. The van der Waals surface area contributed by atoms with E-state index in [2.05, 4.69) is 10.5 Å². The molecule has 0 bridgehead atoms. The molecule has 0 spiro atoms. The van der Waals surface area contributed by atoms with Crippen molar-refractivity contribution in [2.75, 3.05) is 0 Å². The molecule has 9 heavy (non-hydrogen) atoms. The molecule has 0 aromatic carbocycles. The molecule has 0 fully saturated rings. The van der Waals surface area contributed by atoms with Gasteiger partial charge in [0.05, 0.1) is 11.8 Å². The van der Waals surface area contributed by atoms with E-state index in [4.69, 9.17) is 29.1 Å². The summed E-state index contributed by atoms with van der Waals surface area (Å²) in [6.07, 6.45) is 1.46. The lowest BCUT2D eigenvalue weighted by Crippen LogP contribution is -2.32. The number of hydrogen-bond donors (Lipinski definition) is 2. The summed E-state index contributed by atoms with van der Waals surface area (Å²) in [5, 5.41) is 3.80. The summed E-state index contributed by atoms with van der Waals surface area (Å²) in [7, 11) is 0. The minimum absolute atomic E-state index is 0.251. The maximum atomic E-state index is 5.43. The van der Waals surface area contributed by atoms with Crippen LogP contribution < -0.4 is 11.2 Å². The maximum Gasteiger partial charge on any atom is 0.156 e. The molecular weight excluding hydrogens is 163 g/mol. The predicted octanol–water partition coefficient (Wildman–Crippen LogP) is 0.313. The SMILES string of the molecule is NC1=CC(Cl)=NN(Cl)N1. The van der Waals surface area contributed by atoms with Gasteiger partial charge in [0, 0.05) is 6.08 Å². The molecule has 1 aliphatic heterocycles. The Morgan fingerprint density at radius 1 is 1.78 bits per heavy atom. The highest BCUT2D eigenvalue weighted by Gasteiger charge is 2.04. The Hall–Kier alpha value is -0.610. The first-order valence-corrected chi connectivity index (χ1v) is 2.84. The Morgan fingerprint density at radius 2 is 2.44 bits per heavy atom. The first-order valence-electron chi connectivity index (χ1n) is 2.12. The smallest absolute Gasteiger partial charge is 0.156 e. The molecule has 6 heteroatoms. The summed E-state index contributed by atoms with van der Waals surface area (Å²) >= 11 is 10.8. The Morgan fingerprint density at radius 3 is 2.89 bits per heavy atom. The lowest BCUT2D eigenvalue weighted by Gasteiger charge is -2.15. The summed E-state index contributed by atoms with van der Waals surface area (Å²) in [5.74, 6) is 0.366. The highest BCUT2D eigenvalue weighted by atomic mass is 35.5. The fraction of sp³-hybridized carbons (Fsp3) is 0. The van der Waals surface area contributed by atoms with Crippen molar-refractivity contribution in [2.45, 2.75) is 0 Å². The summed E-state index contributed by atoms with van der Waals surface area (Å²) < 4.78 is 0.914. The number of hydrazine groups is 1. The van der Waals surface area contributed by atoms with Crippen molar-refractivity contribution in [1.82, 2.24) is 10.1 Å². The highest BCUT2D eigenvalue weighted by molar-refractivity contribution is 6.68. The van der Waals surface area contributed by atoms with Gasteiger partial charge in [-0.1, -0.05) is 11.6 Å². The van der Waals surface area contributed by atoms with Gasteiger partial charge in [-0.2, -0.15) is 0 Å². The second-order valence-corrected chi connectivity index (χ2v) is 2.10. The lowest BCUT2D eigenvalue weighted by molar-refractivity contribution is 0.391. The van der Waals surface area contributed by atoms with Crippen LogP contribution in [0.4, 0.5) is 0 Å². The molecule has 0 radical (unpaired) electrons. The molecule has 1 rings (SSSR count). The quantitative estimate of drug-likeness (QED) is 0.510. The second kappa shape index (κ2) is 2.33. The van der Waals surface area contributed by atoms with Crippen LogP contribution >= 0.6 is 23.4 Å². The van der Waals surface area contributed by atoms with Gasteiger partial charge in [0.15, 0.2) is 5.17 Å². The van der Waals surface area contributed by atoms with Crippen molar-refractivity contribution in [1.29, 1.82) is 0 Å². The van der Waals surface area contributed by atoms with Crippen LogP contribution in [-0.4, -0.2) is 9.81 Å². The van der Waals surface area contributed by atoms with Gasteiger partial charge >= 0.3 is 0 Å². The zero-order chi connectivity index (χ0) is 6.85. The van der Waals surface area contributed by atoms with Crippen molar-refractivity contribution in [3.63, 3.8) is 0 Å². The molecule has 0 saturated carbocycles. The number of nitrogens with one attached hydrogen (secondary N) is 1. The maximum absolute atomic E-state index is 5.43. The van der Waals surface area contributed by atoms with Crippen LogP contribution in [0, 0.1) is 0 Å². The minimum Gasteiger partial charge on any atom is -0.384 e. The minimum atomic E-state index is 0.251. The number of allylic oxidation sites excluding steroid dienone is 1. The first-order chi connectivity index (χ1) is 4.18. The van der Waals surface area contributed by atoms with E-state index in [-0.39, 0.29) is 5.17 Å². The normalized spacial score (nSPS) is 18.2. The van der Waals surface area contributed by atoms with Crippen molar-refractivity contribution in [3.8, 4) is 0 Å². The van der Waals surface area contributed by atoms with Gasteiger partial charge in [0.25, 0.3) is 0 Å². The third-order valence-corrected chi connectivity index (χ3v) is 1.02. The third kappa shape index (κ3) is 1.65. The van der Waals surface area contributed by atoms with Crippen LogP contribution in [0.3, 0.4) is 0 Å². The molecular formula is C3H4Cl2N4. The average Bonchev–Trinajstić information content (AvgIpc) is 1.59. The monoisotopic (exact) mass is 166 g/mol. The van der Waals surface area contributed by atoms with Crippen LogP contribution in [0.5, 0.6) is 0 Å². The molecule has 50 valence electrons. The van der Waals surface area contributed by atoms with E-state index < -0.39 is 0 Å². The van der Waals surface area contributed by atoms with Crippen LogP contribution in [0.1, 0.15) is 0 Å². The summed E-state index contributed by atoms with van der Waals surface area (Å²) in [4.78, 5) is 0. The largest absolute Gasteiger partial charge is 0.384 e. The van der Waals surface area contributed by atoms with Crippen LogP contribution in [0.15, 0.2) is 17.0 Å². The van der Waals surface area contributed by atoms with Crippen LogP contribution in [0.25, 0.3) is 0 Å². The zero-order valence-electron chi connectivity index (χ0n) is 4.31. The standard InChI is InChI=1S/C3H4Cl2N4/c4-2-1-3(6)8-9(5)7-2/h1,8H,6H2. The van der Waals surface area contributed by atoms with Gasteiger partial charge < -0.3 is 5.73 Å². The number of hydrazone groups is 1. The van der Waals surface area contributed by atoms with E-state index in [0.717, 1.165) is 4.64 Å². The summed E-state index contributed by atoms with van der Waals surface area (Å²) in [5.41, 5.74) is 7.75. The number of hydrogen-bond acceptors (Lipinski definition) is 4. The van der Waals surface area contributed by atoms with E-state index in [1.165, 1.54) is 6.08 Å².